The van der Waals surface area contributed by atoms with Gasteiger partial charge in [0, 0.05) is 6.54 Å². The minimum absolute atomic E-state index is 0.312. The summed E-state index contributed by atoms with van der Waals surface area (Å²) in [6.45, 7) is 2.12. The van der Waals surface area contributed by atoms with E-state index in [1.54, 1.807) is 5.32 Å². The van der Waals surface area contributed by atoms with Crippen LogP contribution in [-0.4, -0.2) is 25.1 Å². The standard InChI is InChI=1S/C12H15F2N3O3/c1-2-16-5-7-3-8(13)11(9(14)4-7)20-6-10(18)17-12(15)19/h3-4,16H,2,5-6H2,1H3,(H3,15,17,18,19). The summed E-state index contributed by atoms with van der Waals surface area (Å²) in [7, 11) is 0. The maximum Gasteiger partial charge on any atom is 0.318 e. The van der Waals surface area contributed by atoms with Crippen LogP contribution >= 0.6 is 0 Å². The molecule has 1 aromatic carbocycles. The van der Waals surface area contributed by atoms with Gasteiger partial charge in [-0.3, -0.25) is 10.1 Å². The lowest BCUT2D eigenvalue weighted by Crippen LogP contribution is -2.38. The van der Waals surface area contributed by atoms with E-state index in [4.69, 9.17) is 10.5 Å². The van der Waals surface area contributed by atoms with E-state index in [0.717, 1.165) is 12.1 Å². The Morgan fingerprint density at radius 1 is 1.30 bits per heavy atom. The van der Waals surface area contributed by atoms with E-state index in [1.165, 1.54) is 0 Å². The molecular weight excluding hydrogens is 272 g/mol. The second-order valence-corrected chi connectivity index (χ2v) is 3.87. The average molecular weight is 287 g/mol. The van der Waals surface area contributed by atoms with Gasteiger partial charge in [-0.25, -0.2) is 13.6 Å². The van der Waals surface area contributed by atoms with Crippen LogP contribution in [0.2, 0.25) is 0 Å². The number of urea groups is 1. The summed E-state index contributed by atoms with van der Waals surface area (Å²) < 4.78 is 32.0. The van der Waals surface area contributed by atoms with Crippen LogP contribution in [0.4, 0.5) is 13.6 Å². The zero-order valence-electron chi connectivity index (χ0n) is 10.8. The lowest BCUT2D eigenvalue weighted by molar-refractivity contribution is -0.122. The predicted molar refractivity (Wildman–Crippen MR) is 67.0 cm³/mol. The zero-order valence-corrected chi connectivity index (χ0v) is 10.8. The molecular formula is C12H15F2N3O3. The van der Waals surface area contributed by atoms with Gasteiger partial charge in [-0.15, -0.1) is 0 Å². The second-order valence-electron chi connectivity index (χ2n) is 3.87. The Morgan fingerprint density at radius 2 is 1.90 bits per heavy atom. The third-order valence-electron chi connectivity index (χ3n) is 2.25. The monoisotopic (exact) mass is 287 g/mol. The number of nitrogens with two attached hydrogens (primary N) is 1. The molecule has 1 aromatic rings. The van der Waals surface area contributed by atoms with Gasteiger partial charge in [0.15, 0.2) is 24.0 Å². The molecule has 20 heavy (non-hydrogen) atoms. The Bertz CT molecular complexity index is 486. The molecule has 0 heterocycles. The molecule has 4 N–H and O–H groups in total. The van der Waals surface area contributed by atoms with Crippen molar-refractivity contribution in [3.05, 3.63) is 29.3 Å². The number of imide groups is 1. The first kappa shape index (κ1) is 15.8. The van der Waals surface area contributed by atoms with E-state index in [1.807, 2.05) is 6.92 Å². The van der Waals surface area contributed by atoms with E-state index < -0.39 is 35.9 Å². The van der Waals surface area contributed by atoms with Crippen LogP contribution in [0.3, 0.4) is 0 Å². The molecule has 0 saturated carbocycles. The first-order valence-electron chi connectivity index (χ1n) is 5.84. The van der Waals surface area contributed by atoms with E-state index in [2.05, 4.69) is 5.32 Å². The molecule has 8 heteroatoms. The lowest BCUT2D eigenvalue weighted by Gasteiger charge is -2.10. The maximum absolute atomic E-state index is 13.6. The van der Waals surface area contributed by atoms with Crippen LogP contribution in [0.5, 0.6) is 5.75 Å². The number of primary amides is 1. The number of carbonyl (C=O) groups is 2. The number of hydrogen-bond donors (Lipinski definition) is 3. The van der Waals surface area contributed by atoms with Crippen molar-refractivity contribution in [3.63, 3.8) is 0 Å². The first-order valence-corrected chi connectivity index (χ1v) is 5.84. The molecule has 110 valence electrons. The first-order chi connectivity index (χ1) is 9.43. The highest BCUT2D eigenvalue weighted by Crippen LogP contribution is 2.23. The third kappa shape index (κ3) is 4.81. The van der Waals surface area contributed by atoms with Crippen molar-refractivity contribution in [2.75, 3.05) is 13.2 Å². The molecule has 0 spiro atoms. The van der Waals surface area contributed by atoms with E-state index in [9.17, 15) is 18.4 Å². The van der Waals surface area contributed by atoms with Gasteiger partial charge in [-0.05, 0) is 24.2 Å². The number of carbonyl (C=O) groups excluding carboxylic acids is 2. The van der Waals surface area contributed by atoms with Gasteiger partial charge in [0.1, 0.15) is 0 Å². The molecule has 3 amide bonds. The fraction of sp³-hybridized carbons (Fsp3) is 0.333. The molecule has 0 aromatic heterocycles. The molecule has 0 aliphatic heterocycles. The molecule has 0 radical (unpaired) electrons. The van der Waals surface area contributed by atoms with Crippen molar-refractivity contribution in [2.24, 2.45) is 5.73 Å². The molecule has 0 aliphatic rings. The highest BCUT2D eigenvalue weighted by molar-refractivity contribution is 5.94. The van der Waals surface area contributed by atoms with E-state index >= 15 is 0 Å². The van der Waals surface area contributed by atoms with Gasteiger partial charge in [-0.2, -0.15) is 0 Å². The normalized spacial score (nSPS) is 10.2. The molecule has 0 atom stereocenters. The number of rotatable bonds is 6. The van der Waals surface area contributed by atoms with Crippen LogP contribution in [0.25, 0.3) is 0 Å². The number of amides is 3. The van der Waals surface area contributed by atoms with Crippen LogP contribution in [0.1, 0.15) is 12.5 Å². The Balaban J connectivity index is 2.71. The fourth-order valence-electron chi connectivity index (χ4n) is 1.43. The molecule has 0 unspecified atom stereocenters. The van der Waals surface area contributed by atoms with Crippen LogP contribution in [0.15, 0.2) is 12.1 Å². The van der Waals surface area contributed by atoms with Gasteiger partial charge in [0.05, 0.1) is 0 Å². The molecule has 0 fully saturated rings. The fourth-order valence-corrected chi connectivity index (χ4v) is 1.43. The SMILES string of the molecule is CCNCc1cc(F)c(OCC(=O)NC(N)=O)c(F)c1. The highest BCUT2D eigenvalue weighted by Gasteiger charge is 2.14. The average Bonchev–Trinajstić information content (AvgIpc) is 2.34. The number of ether oxygens (including phenoxy) is 1. The summed E-state index contributed by atoms with van der Waals surface area (Å²) in [5, 5.41) is 4.63. The van der Waals surface area contributed by atoms with Crippen LogP contribution in [0, 0.1) is 11.6 Å². The van der Waals surface area contributed by atoms with Crippen molar-refractivity contribution >= 4 is 11.9 Å². The van der Waals surface area contributed by atoms with Crippen molar-refractivity contribution < 1.29 is 23.1 Å². The summed E-state index contributed by atoms with van der Waals surface area (Å²) in [5.41, 5.74) is 5.12. The molecule has 6 nitrogen and oxygen atoms in total. The molecule has 0 bridgehead atoms. The van der Waals surface area contributed by atoms with Crippen LogP contribution in [-0.2, 0) is 11.3 Å². The van der Waals surface area contributed by atoms with Gasteiger partial charge in [0.2, 0.25) is 0 Å². The molecule has 1 rings (SSSR count). The van der Waals surface area contributed by atoms with Crippen molar-refractivity contribution in [1.82, 2.24) is 10.6 Å². The highest BCUT2D eigenvalue weighted by atomic mass is 19.1. The minimum Gasteiger partial charge on any atom is -0.478 e. The maximum atomic E-state index is 13.6. The number of nitrogens with one attached hydrogen (secondary N) is 2. The topological polar surface area (TPSA) is 93.4 Å². The predicted octanol–water partition coefficient (Wildman–Crippen LogP) is 0.648. The summed E-state index contributed by atoms with van der Waals surface area (Å²) in [4.78, 5) is 21.4. The number of hydrogen-bond acceptors (Lipinski definition) is 4. The Hall–Kier alpha value is -2.22. The van der Waals surface area contributed by atoms with Crippen molar-refractivity contribution in [3.8, 4) is 5.75 Å². The van der Waals surface area contributed by atoms with Gasteiger partial charge in [-0.1, -0.05) is 6.92 Å². The second kappa shape index (κ2) is 7.39. The van der Waals surface area contributed by atoms with E-state index in [-0.39, 0.29) is 0 Å². The summed E-state index contributed by atoms with van der Waals surface area (Å²) in [6.07, 6.45) is 0. The Labute approximate surface area is 114 Å². The third-order valence-corrected chi connectivity index (χ3v) is 2.25. The molecule has 0 saturated heterocycles. The number of benzene rings is 1. The molecule has 0 aliphatic carbocycles. The van der Waals surface area contributed by atoms with E-state index in [0.29, 0.717) is 18.7 Å². The van der Waals surface area contributed by atoms with Gasteiger partial charge >= 0.3 is 6.03 Å². The number of halogens is 2. The van der Waals surface area contributed by atoms with Gasteiger partial charge < -0.3 is 15.8 Å². The minimum atomic E-state index is -1.07. The Kier molecular flexibility index (Phi) is 5.85. The summed E-state index contributed by atoms with van der Waals surface area (Å²) in [6, 6.07) is 1.14. The Morgan fingerprint density at radius 3 is 2.40 bits per heavy atom. The smallest absolute Gasteiger partial charge is 0.318 e. The zero-order chi connectivity index (χ0) is 15.1. The van der Waals surface area contributed by atoms with Crippen molar-refractivity contribution in [2.45, 2.75) is 13.5 Å². The summed E-state index contributed by atoms with van der Waals surface area (Å²) in [5.74, 6) is -3.42. The summed E-state index contributed by atoms with van der Waals surface area (Å²) >= 11 is 0. The van der Waals surface area contributed by atoms with Crippen LogP contribution < -0.4 is 21.1 Å². The quantitative estimate of drug-likeness (QED) is 0.716. The largest absolute Gasteiger partial charge is 0.478 e. The van der Waals surface area contributed by atoms with Gasteiger partial charge in [0.25, 0.3) is 5.91 Å². The van der Waals surface area contributed by atoms with Crippen molar-refractivity contribution in [1.29, 1.82) is 0 Å². The lowest BCUT2D eigenvalue weighted by atomic mass is 10.2.